The second kappa shape index (κ2) is 7.60. The molecule has 118 valence electrons. The summed E-state index contributed by atoms with van der Waals surface area (Å²) in [5.74, 6) is 0.720. The van der Waals surface area contributed by atoms with Crippen LogP contribution in [0.2, 0.25) is 0 Å². The Hall–Kier alpha value is 0.130. The van der Waals surface area contributed by atoms with E-state index < -0.39 is 0 Å². The van der Waals surface area contributed by atoms with Crippen molar-refractivity contribution in [2.45, 2.75) is 95.3 Å². The van der Waals surface area contributed by atoms with Crippen LogP contribution in [0.1, 0.15) is 88.9 Å². The van der Waals surface area contributed by atoms with Gasteiger partial charge in [0.2, 0.25) is 0 Å². The SMILES string of the molecule is CC(C)c1sccc1P(C1CCCCC1)C1CCCCC1. The van der Waals surface area contributed by atoms with E-state index in [1.165, 1.54) is 64.2 Å². The molecule has 0 spiro atoms. The van der Waals surface area contributed by atoms with Gasteiger partial charge in [0.05, 0.1) is 0 Å². The van der Waals surface area contributed by atoms with Crippen LogP contribution >= 0.6 is 19.3 Å². The van der Waals surface area contributed by atoms with Crippen molar-refractivity contribution in [2.24, 2.45) is 0 Å². The van der Waals surface area contributed by atoms with E-state index in [0.29, 0.717) is 0 Å². The fraction of sp³-hybridized carbons (Fsp3) is 0.789. The number of rotatable bonds is 4. The molecule has 2 saturated carbocycles. The minimum Gasteiger partial charge on any atom is -0.148 e. The molecule has 0 aliphatic heterocycles. The molecule has 1 aromatic rings. The minimum atomic E-state index is 0.102. The summed E-state index contributed by atoms with van der Waals surface area (Å²) >= 11 is 2.03. The molecular weight excluding hydrogens is 291 g/mol. The van der Waals surface area contributed by atoms with E-state index in [2.05, 4.69) is 25.3 Å². The lowest BCUT2D eigenvalue weighted by Crippen LogP contribution is -2.27. The summed E-state index contributed by atoms with van der Waals surface area (Å²) in [7, 11) is 0.102. The highest BCUT2D eigenvalue weighted by atomic mass is 32.1. The second-order valence-corrected chi connectivity index (χ2v) is 11.0. The van der Waals surface area contributed by atoms with Gasteiger partial charge in [-0.3, -0.25) is 0 Å². The predicted octanol–water partition coefficient (Wildman–Crippen LogP) is 6.64. The first-order valence-corrected chi connectivity index (χ1v) is 11.5. The molecule has 0 radical (unpaired) electrons. The molecule has 0 aromatic carbocycles. The van der Waals surface area contributed by atoms with Crippen molar-refractivity contribution in [3.05, 3.63) is 16.3 Å². The molecule has 0 saturated heterocycles. The number of hydrogen-bond acceptors (Lipinski definition) is 1. The Balaban J connectivity index is 1.88. The number of hydrogen-bond donors (Lipinski definition) is 0. The highest BCUT2D eigenvalue weighted by Crippen LogP contribution is 2.56. The maximum Gasteiger partial charge on any atom is 0.0148 e. The van der Waals surface area contributed by atoms with Gasteiger partial charge in [-0.25, -0.2) is 0 Å². The van der Waals surface area contributed by atoms with Crippen molar-refractivity contribution >= 4 is 24.6 Å². The largest absolute Gasteiger partial charge is 0.148 e. The summed E-state index contributed by atoms with van der Waals surface area (Å²) in [4.78, 5) is 1.72. The van der Waals surface area contributed by atoms with Gasteiger partial charge >= 0.3 is 0 Å². The van der Waals surface area contributed by atoms with Crippen LogP contribution in [0.15, 0.2) is 11.4 Å². The summed E-state index contributed by atoms with van der Waals surface area (Å²) in [6.07, 6.45) is 15.1. The average Bonchev–Trinajstić information content (AvgIpc) is 2.99. The van der Waals surface area contributed by atoms with Crippen LogP contribution in [0.3, 0.4) is 0 Å². The Morgan fingerprint density at radius 2 is 1.43 bits per heavy atom. The molecule has 2 heteroatoms. The lowest BCUT2D eigenvalue weighted by molar-refractivity contribution is 0.487. The fourth-order valence-corrected chi connectivity index (χ4v) is 9.74. The van der Waals surface area contributed by atoms with Gasteiger partial charge in [0.1, 0.15) is 0 Å². The Kier molecular flexibility index (Phi) is 5.79. The maximum absolute atomic E-state index is 2.52. The molecule has 3 rings (SSSR count). The average molecular weight is 322 g/mol. The zero-order valence-corrected chi connectivity index (χ0v) is 15.5. The third-order valence-corrected chi connectivity index (χ3v) is 10.3. The molecule has 21 heavy (non-hydrogen) atoms. The van der Waals surface area contributed by atoms with E-state index in [9.17, 15) is 0 Å². The standard InChI is InChI=1S/C19H31PS/c1-15(2)19-18(13-14-21-19)20(16-9-5-3-6-10-16)17-11-7-4-8-12-17/h13-17H,3-12H2,1-2H3. The third kappa shape index (κ3) is 3.73. The molecule has 1 heterocycles. The second-order valence-electron chi connectivity index (χ2n) is 7.32. The Bertz CT molecular complexity index is 407. The van der Waals surface area contributed by atoms with Crippen LogP contribution < -0.4 is 5.30 Å². The highest BCUT2D eigenvalue weighted by molar-refractivity contribution is 7.67. The Morgan fingerprint density at radius 3 is 1.90 bits per heavy atom. The Morgan fingerprint density at radius 1 is 0.905 bits per heavy atom. The molecule has 0 unspecified atom stereocenters. The molecule has 2 aliphatic carbocycles. The lowest BCUT2D eigenvalue weighted by Gasteiger charge is -2.39. The number of thiophene rings is 1. The first-order chi connectivity index (χ1) is 10.3. The molecule has 2 aliphatic rings. The normalized spacial score (nSPS) is 22.3. The summed E-state index contributed by atoms with van der Waals surface area (Å²) < 4.78 is 0. The summed E-state index contributed by atoms with van der Waals surface area (Å²) in [5.41, 5.74) is 2.09. The van der Waals surface area contributed by atoms with E-state index in [1.807, 2.05) is 16.6 Å². The summed E-state index contributed by atoms with van der Waals surface area (Å²) in [5, 5.41) is 4.20. The van der Waals surface area contributed by atoms with E-state index >= 15 is 0 Å². The maximum atomic E-state index is 2.52. The molecule has 0 N–H and O–H groups in total. The molecule has 1 aromatic heterocycles. The van der Waals surface area contributed by atoms with Gasteiger partial charge in [0, 0.05) is 4.88 Å². The molecular formula is C19H31PS. The van der Waals surface area contributed by atoms with Crippen molar-refractivity contribution in [2.75, 3.05) is 0 Å². The van der Waals surface area contributed by atoms with Crippen LogP contribution in [0.5, 0.6) is 0 Å². The third-order valence-electron chi connectivity index (χ3n) is 5.41. The van der Waals surface area contributed by atoms with E-state index in [4.69, 9.17) is 0 Å². The predicted molar refractivity (Wildman–Crippen MR) is 98.7 cm³/mol. The summed E-state index contributed by atoms with van der Waals surface area (Å²) in [6.45, 7) is 4.79. The van der Waals surface area contributed by atoms with Crippen LogP contribution in [-0.4, -0.2) is 11.3 Å². The first kappa shape index (κ1) is 16.0. The van der Waals surface area contributed by atoms with Crippen molar-refractivity contribution in [1.82, 2.24) is 0 Å². The lowest BCUT2D eigenvalue weighted by atomic mass is 9.99. The van der Waals surface area contributed by atoms with Crippen LogP contribution in [0.4, 0.5) is 0 Å². The van der Waals surface area contributed by atoms with E-state index in [-0.39, 0.29) is 7.92 Å². The van der Waals surface area contributed by atoms with Gasteiger partial charge < -0.3 is 0 Å². The van der Waals surface area contributed by atoms with Gasteiger partial charge in [-0.15, -0.1) is 11.3 Å². The quantitative estimate of drug-likeness (QED) is 0.545. The summed E-state index contributed by atoms with van der Waals surface area (Å²) in [6, 6.07) is 2.52. The first-order valence-electron chi connectivity index (χ1n) is 9.13. The topological polar surface area (TPSA) is 0 Å². The molecule has 0 atom stereocenters. The van der Waals surface area contributed by atoms with Gasteiger partial charge in [0.15, 0.2) is 0 Å². The minimum absolute atomic E-state index is 0.102. The smallest absolute Gasteiger partial charge is 0.0148 e. The van der Waals surface area contributed by atoms with Gasteiger partial charge in [-0.05, 0) is 59.7 Å². The Labute approximate surface area is 136 Å². The van der Waals surface area contributed by atoms with Gasteiger partial charge in [-0.1, -0.05) is 60.3 Å². The van der Waals surface area contributed by atoms with Crippen LogP contribution in [-0.2, 0) is 0 Å². The molecule has 0 amide bonds. The van der Waals surface area contributed by atoms with Gasteiger partial charge in [-0.2, -0.15) is 0 Å². The fourth-order valence-electron chi connectivity index (χ4n) is 4.37. The highest BCUT2D eigenvalue weighted by Gasteiger charge is 2.34. The van der Waals surface area contributed by atoms with Crippen LogP contribution in [0, 0.1) is 0 Å². The van der Waals surface area contributed by atoms with Crippen LogP contribution in [0.25, 0.3) is 0 Å². The zero-order chi connectivity index (χ0) is 14.7. The monoisotopic (exact) mass is 322 g/mol. The van der Waals surface area contributed by atoms with E-state index in [1.54, 1.807) is 4.88 Å². The zero-order valence-electron chi connectivity index (χ0n) is 13.8. The van der Waals surface area contributed by atoms with Crippen molar-refractivity contribution in [1.29, 1.82) is 0 Å². The van der Waals surface area contributed by atoms with Gasteiger partial charge in [0.25, 0.3) is 0 Å². The molecule has 0 bridgehead atoms. The van der Waals surface area contributed by atoms with Crippen molar-refractivity contribution in [3.8, 4) is 0 Å². The van der Waals surface area contributed by atoms with Crippen molar-refractivity contribution < 1.29 is 0 Å². The van der Waals surface area contributed by atoms with Crippen molar-refractivity contribution in [3.63, 3.8) is 0 Å². The molecule has 0 nitrogen and oxygen atoms in total. The molecule has 2 fully saturated rings. The van der Waals surface area contributed by atoms with E-state index in [0.717, 1.165) is 17.2 Å².